The van der Waals surface area contributed by atoms with Gasteiger partial charge < -0.3 is 24.8 Å². The quantitative estimate of drug-likeness (QED) is 0.193. The van der Waals surface area contributed by atoms with Crippen LogP contribution >= 0.6 is 7.75 Å². The van der Waals surface area contributed by atoms with Crippen LogP contribution in [0.3, 0.4) is 0 Å². The first kappa shape index (κ1) is 28.6. The fraction of sp³-hybridized carbons (Fsp3) is 0.429. The molecule has 39 heavy (non-hydrogen) atoms. The second kappa shape index (κ2) is 11.0. The second-order valence-electron chi connectivity index (χ2n) is 8.33. The van der Waals surface area contributed by atoms with Crippen molar-refractivity contribution >= 4 is 30.7 Å². The van der Waals surface area contributed by atoms with Gasteiger partial charge in [-0.1, -0.05) is 18.2 Å². The van der Waals surface area contributed by atoms with E-state index in [-0.39, 0.29) is 11.3 Å². The molecule has 4 rings (SSSR count). The van der Waals surface area contributed by atoms with E-state index in [9.17, 15) is 27.6 Å². The number of nitrogens with two attached hydrogens (primary N) is 1. The van der Waals surface area contributed by atoms with Gasteiger partial charge in [0.1, 0.15) is 29.5 Å². The Bertz CT molecular complexity index is 1380. The summed E-state index contributed by atoms with van der Waals surface area (Å²) in [5, 5.41) is 12.8. The molecule has 0 amide bonds. The van der Waals surface area contributed by atoms with Crippen molar-refractivity contribution in [1.82, 2.24) is 24.6 Å². The smallest absolute Gasteiger partial charge is 0.459 e. The third-order valence-corrected chi connectivity index (χ3v) is 7.20. The van der Waals surface area contributed by atoms with E-state index in [1.807, 2.05) is 0 Å². The Hall–Kier alpha value is -3.37. The third-order valence-electron chi connectivity index (χ3n) is 5.55. The van der Waals surface area contributed by atoms with Crippen molar-refractivity contribution in [2.75, 3.05) is 19.5 Å². The normalized spacial score (nSPS) is 23.9. The minimum Gasteiger partial charge on any atom is -0.468 e. The number of halogens is 4. The molecular weight excluding hydrogens is 555 g/mol. The number of aliphatic hydroxyl groups excluding tert-OH is 1. The molecule has 2 aromatic heterocycles. The number of esters is 1. The number of carbonyl (C=O) groups excluding carboxylic acids is 1. The van der Waals surface area contributed by atoms with Gasteiger partial charge in [-0.2, -0.15) is 18.3 Å². The zero-order valence-corrected chi connectivity index (χ0v) is 21.2. The summed E-state index contributed by atoms with van der Waals surface area (Å²) in [7, 11) is -3.24. The van der Waals surface area contributed by atoms with Crippen LogP contribution < -0.4 is 15.3 Å². The van der Waals surface area contributed by atoms with Crippen LogP contribution in [0.4, 0.5) is 23.4 Å². The van der Waals surface area contributed by atoms with Gasteiger partial charge >= 0.3 is 19.9 Å². The molecule has 3 heterocycles. The van der Waals surface area contributed by atoms with Crippen LogP contribution in [-0.2, 0) is 29.5 Å². The molecular formula is C21H23F4N6O7P. The molecule has 18 heteroatoms. The average molecular weight is 578 g/mol. The number of benzene rings is 1. The molecule has 0 aliphatic carbocycles. The fourth-order valence-electron chi connectivity index (χ4n) is 3.66. The maximum Gasteiger partial charge on any atom is 0.459 e. The highest BCUT2D eigenvalue weighted by Gasteiger charge is 2.47. The predicted molar refractivity (Wildman–Crippen MR) is 125 cm³/mol. The topological polar surface area (TPSA) is 173 Å². The first-order valence-corrected chi connectivity index (χ1v) is 12.8. The number of hydrogen-bond donors (Lipinski definition) is 3. The molecule has 6 atom stereocenters. The van der Waals surface area contributed by atoms with E-state index in [2.05, 4.69) is 24.8 Å². The maximum absolute atomic E-state index is 15.1. The lowest BCUT2D eigenvalue weighted by Gasteiger charge is -2.24. The predicted octanol–water partition coefficient (Wildman–Crippen LogP) is 2.38. The zero-order valence-electron chi connectivity index (χ0n) is 20.3. The van der Waals surface area contributed by atoms with Gasteiger partial charge in [-0.25, -0.2) is 23.9 Å². The second-order valence-corrected chi connectivity index (χ2v) is 10.0. The molecule has 1 aromatic carbocycles. The number of methoxy groups -OCH3 is 1. The molecule has 0 radical (unpaired) electrons. The van der Waals surface area contributed by atoms with Crippen molar-refractivity contribution in [3.63, 3.8) is 0 Å². The maximum atomic E-state index is 15.1. The zero-order chi connectivity index (χ0) is 28.5. The van der Waals surface area contributed by atoms with Crippen LogP contribution in [-0.4, -0.2) is 68.7 Å². The number of nitrogen functional groups attached to an aromatic ring is 1. The van der Waals surface area contributed by atoms with Crippen LogP contribution in [0.1, 0.15) is 19.0 Å². The van der Waals surface area contributed by atoms with Crippen molar-refractivity contribution in [2.45, 2.75) is 43.7 Å². The van der Waals surface area contributed by atoms with Crippen molar-refractivity contribution in [3.8, 4) is 5.75 Å². The van der Waals surface area contributed by atoms with Crippen LogP contribution in [0.25, 0.3) is 11.2 Å². The van der Waals surface area contributed by atoms with Crippen molar-refractivity contribution < 1.29 is 50.5 Å². The molecule has 3 aromatic rings. The van der Waals surface area contributed by atoms with Crippen LogP contribution in [0.2, 0.25) is 0 Å². The number of carbonyl (C=O) groups is 1. The highest BCUT2D eigenvalue weighted by atomic mass is 31.2. The SMILES string of the molecule is COC(=O)[C@H](C)NP(=O)(OC[C@H]1O[C@@H](n2cnc3c(N)nc(C(F)(F)F)nc32)[C@H](F)C1O)Oc1ccccc1. The Balaban J connectivity index is 1.56. The number of aliphatic hydroxyl groups is 1. The van der Waals surface area contributed by atoms with E-state index in [0.717, 1.165) is 18.0 Å². The van der Waals surface area contributed by atoms with Crippen LogP contribution in [0, 0.1) is 0 Å². The lowest BCUT2D eigenvalue weighted by molar-refractivity contribution is -0.144. The summed E-state index contributed by atoms with van der Waals surface area (Å²) in [5.41, 5.74) is 4.84. The molecule has 1 saturated heterocycles. The number of nitrogens with zero attached hydrogens (tertiary/aromatic N) is 4. The van der Waals surface area contributed by atoms with Gasteiger partial charge in [0.05, 0.1) is 20.0 Å². The summed E-state index contributed by atoms with van der Waals surface area (Å²) >= 11 is 0. The lowest BCUT2D eigenvalue weighted by atomic mass is 10.1. The minimum atomic E-state index is -4.95. The summed E-state index contributed by atoms with van der Waals surface area (Å²) in [6.45, 7) is 0.609. The van der Waals surface area contributed by atoms with Crippen LogP contribution in [0.5, 0.6) is 5.75 Å². The molecule has 0 saturated carbocycles. The highest BCUT2D eigenvalue weighted by molar-refractivity contribution is 7.52. The Morgan fingerprint density at radius 3 is 2.64 bits per heavy atom. The van der Waals surface area contributed by atoms with Crippen molar-refractivity contribution in [1.29, 1.82) is 0 Å². The molecule has 0 spiro atoms. The first-order valence-electron chi connectivity index (χ1n) is 11.2. The lowest BCUT2D eigenvalue weighted by Crippen LogP contribution is -2.36. The van der Waals surface area contributed by atoms with E-state index in [1.54, 1.807) is 18.2 Å². The molecule has 13 nitrogen and oxygen atoms in total. The number of anilines is 1. The van der Waals surface area contributed by atoms with Gasteiger partial charge in [0.25, 0.3) is 0 Å². The van der Waals surface area contributed by atoms with Crippen molar-refractivity contribution in [2.24, 2.45) is 0 Å². The number of hydrogen-bond acceptors (Lipinski definition) is 11. The molecule has 1 aliphatic heterocycles. The summed E-state index contributed by atoms with van der Waals surface area (Å²) < 4.78 is 90.0. The average Bonchev–Trinajstić information content (AvgIpc) is 3.43. The van der Waals surface area contributed by atoms with Crippen molar-refractivity contribution in [3.05, 3.63) is 42.5 Å². The summed E-state index contributed by atoms with van der Waals surface area (Å²) in [5.74, 6) is -2.86. The van der Waals surface area contributed by atoms with Gasteiger partial charge in [0, 0.05) is 0 Å². The number of alkyl halides is 4. The van der Waals surface area contributed by atoms with E-state index >= 15 is 4.39 Å². The first-order chi connectivity index (χ1) is 18.3. The summed E-state index contributed by atoms with van der Waals surface area (Å²) in [6.07, 6.45) is -11.3. The standard InChI is InChI=1S/C21H23F4N6O7P/c1-10(19(33)35-2)30-39(34,38-11-6-4-3-5-7-11)36-8-12-15(32)13(22)18(37-12)31-9-27-14-16(26)28-20(21(23,24)25)29-17(14)31/h3-7,9-10,12-13,15,18,32H,8H2,1-2H3,(H,30,34)(H2,26,28,29)/t10-,12+,13+,15?,18+,39?/m0/s1. The Morgan fingerprint density at radius 2 is 2.00 bits per heavy atom. The number of imidazole rings is 1. The van der Waals surface area contributed by atoms with Gasteiger partial charge in [-0.05, 0) is 19.1 Å². The van der Waals surface area contributed by atoms with E-state index < -0.39 is 74.4 Å². The highest BCUT2D eigenvalue weighted by Crippen LogP contribution is 2.46. The molecule has 2 unspecified atom stereocenters. The minimum absolute atomic E-state index is 0.0992. The van der Waals surface area contributed by atoms with E-state index in [1.165, 1.54) is 19.1 Å². The Kier molecular flexibility index (Phi) is 8.09. The molecule has 1 aliphatic rings. The van der Waals surface area contributed by atoms with Gasteiger partial charge in [0.2, 0.25) is 5.82 Å². The number of ether oxygens (including phenoxy) is 2. The molecule has 0 bridgehead atoms. The Morgan fingerprint density at radius 1 is 1.31 bits per heavy atom. The number of fused-ring (bicyclic) bond motifs is 1. The monoisotopic (exact) mass is 578 g/mol. The number of aromatic nitrogens is 4. The molecule has 212 valence electrons. The number of para-hydroxylation sites is 1. The fourth-order valence-corrected chi connectivity index (χ4v) is 5.17. The van der Waals surface area contributed by atoms with Crippen LogP contribution in [0.15, 0.2) is 36.7 Å². The van der Waals surface area contributed by atoms with E-state index in [0.29, 0.717) is 0 Å². The van der Waals surface area contributed by atoms with E-state index in [4.69, 9.17) is 19.5 Å². The summed E-state index contributed by atoms with van der Waals surface area (Å²) in [4.78, 5) is 22.3. The van der Waals surface area contributed by atoms with Gasteiger partial charge in [-0.3, -0.25) is 13.9 Å². The Labute approximate surface area is 217 Å². The molecule has 4 N–H and O–H groups in total. The third kappa shape index (κ3) is 6.12. The summed E-state index contributed by atoms with van der Waals surface area (Å²) in [6, 6.07) is 6.60. The number of rotatable bonds is 9. The molecule has 1 fully saturated rings. The van der Waals surface area contributed by atoms with Gasteiger partial charge in [0.15, 0.2) is 23.9 Å². The largest absolute Gasteiger partial charge is 0.468 e. The number of nitrogens with one attached hydrogen (secondary N) is 1. The van der Waals surface area contributed by atoms with Gasteiger partial charge in [-0.15, -0.1) is 0 Å².